The third kappa shape index (κ3) is 3.15. The van der Waals surface area contributed by atoms with Crippen molar-refractivity contribution in [3.8, 4) is 11.3 Å². The molecule has 110 valence electrons. The Morgan fingerprint density at radius 2 is 2.05 bits per heavy atom. The average molecular weight is 314 g/mol. The minimum absolute atomic E-state index is 0.266. The lowest BCUT2D eigenvalue weighted by molar-refractivity contribution is 0.0955. The number of hydrogen-bond donors (Lipinski definition) is 1. The van der Waals surface area contributed by atoms with Crippen LogP contribution >= 0.6 is 11.5 Å². The second kappa shape index (κ2) is 6.40. The number of nitrogens with one attached hydrogen (secondary N) is 1. The first-order chi connectivity index (χ1) is 10.7. The van der Waals surface area contributed by atoms with Crippen LogP contribution in [0, 0.1) is 5.82 Å². The molecule has 22 heavy (non-hydrogen) atoms. The molecule has 3 aromatic rings. The van der Waals surface area contributed by atoms with Crippen molar-refractivity contribution in [2.75, 3.05) is 0 Å². The summed E-state index contributed by atoms with van der Waals surface area (Å²) in [6, 6.07) is 9.48. The van der Waals surface area contributed by atoms with E-state index in [1.165, 1.54) is 12.1 Å². The van der Waals surface area contributed by atoms with Crippen molar-refractivity contribution >= 4 is 17.4 Å². The zero-order chi connectivity index (χ0) is 15.4. The van der Waals surface area contributed by atoms with Gasteiger partial charge < -0.3 is 5.32 Å². The van der Waals surface area contributed by atoms with Crippen molar-refractivity contribution in [2.24, 2.45) is 0 Å². The van der Waals surface area contributed by atoms with Gasteiger partial charge in [0, 0.05) is 24.5 Å². The fourth-order valence-electron chi connectivity index (χ4n) is 1.90. The number of amides is 1. The number of pyridine rings is 1. The lowest BCUT2D eigenvalue weighted by Gasteiger charge is -2.04. The van der Waals surface area contributed by atoms with Gasteiger partial charge in [-0.3, -0.25) is 9.78 Å². The van der Waals surface area contributed by atoms with Gasteiger partial charge in [-0.2, -0.15) is 0 Å². The van der Waals surface area contributed by atoms with E-state index in [1.807, 2.05) is 6.07 Å². The molecule has 0 fully saturated rings. The monoisotopic (exact) mass is 314 g/mol. The molecule has 0 radical (unpaired) electrons. The molecule has 0 aliphatic heterocycles. The topological polar surface area (TPSA) is 67.8 Å². The molecule has 0 bridgehead atoms. The van der Waals surface area contributed by atoms with Crippen LogP contribution in [0.4, 0.5) is 4.39 Å². The summed E-state index contributed by atoms with van der Waals surface area (Å²) in [4.78, 5) is 16.7. The highest BCUT2D eigenvalue weighted by Gasteiger charge is 2.17. The predicted molar refractivity (Wildman–Crippen MR) is 80.7 cm³/mol. The van der Waals surface area contributed by atoms with Crippen molar-refractivity contribution in [1.29, 1.82) is 0 Å². The van der Waals surface area contributed by atoms with Gasteiger partial charge in [-0.15, -0.1) is 5.10 Å². The predicted octanol–water partition coefficient (Wildman–Crippen LogP) is 2.67. The number of rotatable bonds is 4. The van der Waals surface area contributed by atoms with Crippen molar-refractivity contribution in [2.45, 2.75) is 6.54 Å². The Hall–Kier alpha value is -2.67. The van der Waals surface area contributed by atoms with Gasteiger partial charge in [0.15, 0.2) is 0 Å². The number of nitrogens with zero attached hydrogens (tertiary/aromatic N) is 3. The quantitative estimate of drug-likeness (QED) is 0.804. The fourth-order valence-corrected chi connectivity index (χ4v) is 2.51. The van der Waals surface area contributed by atoms with Crippen molar-refractivity contribution in [1.82, 2.24) is 19.9 Å². The van der Waals surface area contributed by atoms with Crippen LogP contribution in [-0.4, -0.2) is 20.5 Å². The molecule has 0 aliphatic carbocycles. The van der Waals surface area contributed by atoms with E-state index in [0.29, 0.717) is 22.7 Å². The van der Waals surface area contributed by atoms with Crippen molar-refractivity contribution < 1.29 is 9.18 Å². The molecular formula is C15H11FN4OS. The molecule has 2 aromatic heterocycles. The third-order valence-corrected chi connectivity index (χ3v) is 3.71. The maximum absolute atomic E-state index is 13.0. The van der Waals surface area contributed by atoms with Gasteiger partial charge in [-0.1, -0.05) is 10.6 Å². The van der Waals surface area contributed by atoms with Gasteiger partial charge in [0.1, 0.15) is 16.4 Å². The first-order valence-electron chi connectivity index (χ1n) is 6.49. The summed E-state index contributed by atoms with van der Waals surface area (Å²) < 4.78 is 16.8. The zero-order valence-electron chi connectivity index (χ0n) is 11.4. The van der Waals surface area contributed by atoms with Crippen molar-refractivity contribution in [3.63, 3.8) is 0 Å². The molecule has 3 rings (SSSR count). The first kappa shape index (κ1) is 14.3. The molecule has 1 aromatic carbocycles. The Morgan fingerprint density at radius 1 is 1.23 bits per heavy atom. The van der Waals surface area contributed by atoms with Crippen LogP contribution in [0.5, 0.6) is 0 Å². The molecule has 7 heteroatoms. The fraction of sp³-hybridized carbons (Fsp3) is 0.0667. The summed E-state index contributed by atoms with van der Waals surface area (Å²) in [7, 11) is 0. The highest BCUT2D eigenvalue weighted by Crippen LogP contribution is 2.24. The highest BCUT2D eigenvalue weighted by atomic mass is 32.1. The number of halogens is 1. The molecule has 5 nitrogen and oxygen atoms in total. The zero-order valence-corrected chi connectivity index (χ0v) is 12.2. The molecular weight excluding hydrogens is 303 g/mol. The molecule has 0 atom stereocenters. The van der Waals surface area contributed by atoms with E-state index in [-0.39, 0.29) is 11.7 Å². The Labute approximate surface area is 130 Å². The Bertz CT molecular complexity index is 774. The number of carbonyl (C=O) groups excluding carboxylic acids is 1. The van der Waals surface area contributed by atoms with E-state index in [1.54, 1.807) is 30.6 Å². The van der Waals surface area contributed by atoms with E-state index < -0.39 is 0 Å². The Balaban J connectivity index is 1.76. The van der Waals surface area contributed by atoms with Gasteiger partial charge in [0.25, 0.3) is 5.91 Å². The van der Waals surface area contributed by atoms with Gasteiger partial charge in [-0.25, -0.2) is 4.39 Å². The van der Waals surface area contributed by atoms with E-state index in [9.17, 15) is 9.18 Å². The molecule has 0 saturated heterocycles. The molecule has 0 saturated carbocycles. The summed E-state index contributed by atoms with van der Waals surface area (Å²) in [5.41, 5.74) is 2.01. The number of carbonyl (C=O) groups is 1. The minimum Gasteiger partial charge on any atom is -0.347 e. The summed E-state index contributed by atoms with van der Waals surface area (Å²) in [6.07, 6.45) is 3.36. The summed E-state index contributed by atoms with van der Waals surface area (Å²) in [5.74, 6) is -0.604. The van der Waals surface area contributed by atoms with Gasteiger partial charge in [0.2, 0.25) is 0 Å². The van der Waals surface area contributed by atoms with Gasteiger partial charge in [0.05, 0.1) is 0 Å². The first-order valence-corrected chi connectivity index (χ1v) is 7.27. The summed E-state index contributed by atoms with van der Waals surface area (Å²) in [5, 5.41) is 6.77. The largest absolute Gasteiger partial charge is 0.347 e. The van der Waals surface area contributed by atoms with Crippen LogP contribution in [0.2, 0.25) is 0 Å². The molecule has 1 N–H and O–H groups in total. The van der Waals surface area contributed by atoms with E-state index in [0.717, 1.165) is 17.1 Å². The average Bonchev–Trinajstić information content (AvgIpc) is 3.04. The molecule has 0 spiro atoms. The van der Waals surface area contributed by atoms with Crippen LogP contribution < -0.4 is 5.32 Å². The van der Waals surface area contributed by atoms with E-state index in [4.69, 9.17) is 0 Å². The molecule has 1 amide bonds. The van der Waals surface area contributed by atoms with Gasteiger partial charge in [-0.05, 0) is 47.4 Å². The number of aromatic nitrogens is 3. The summed E-state index contributed by atoms with van der Waals surface area (Å²) >= 11 is 1.01. The van der Waals surface area contributed by atoms with E-state index in [2.05, 4.69) is 19.9 Å². The maximum Gasteiger partial charge on any atom is 0.265 e. The standard InChI is InChI=1S/C15H11FN4OS/c16-12-5-3-11(4-6-12)13-14(22-20-19-13)15(21)18-9-10-2-1-7-17-8-10/h1-8H,9H2,(H,18,21). The lowest BCUT2D eigenvalue weighted by atomic mass is 10.1. The lowest BCUT2D eigenvalue weighted by Crippen LogP contribution is -2.22. The number of hydrogen-bond acceptors (Lipinski definition) is 5. The van der Waals surface area contributed by atoms with Crippen LogP contribution in [0.25, 0.3) is 11.3 Å². The van der Waals surface area contributed by atoms with Crippen LogP contribution in [-0.2, 0) is 6.54 Å². The van der Waals surface area contributed by atoms with Gasteiger partial charge >= 0.3 is 0 Å². The number of benzene rings is 1. The highest BCUT2D eigenvalue weighted by molar-refractivity contribution is 7.08. The van der Waals surface area contributed by atoms with E-state index >= 15 is 0 Å². The molecule has 0 unspecified atom stereocenters. The van der Waals surface area contributed by atoms with Crippen molar-refractivity contribution in [3.05, 3.63) is 65.0 Å². The second-order valence-electron chi connectivity index (χ2n) is 4.50. The Kier molecular flexibility index (Phi) is 4.15. The smallest absolute Gasteiger partial charge is 0.265 e. The second-order valence-corrected chi connectivity index (χ2v) is 5.26. The molecule has 2 heterocycles. The third-order valence-electron chi connectivity index (χ3n) is 2.99. The van der Waals surface area contributed by atoms with Crippen LogP contribution in [0.15, 0.2) is 48.8 Å². The summed E-state index contributed by atoms with van der Waals surface area (Å²) in [6.45, 7) is 0.368. The van der Waals surface area contributed by atoms with Crippen LogP contribution in [0.3, 0.4) is 0 Å². The van der Waals surface area contributed by atoms with Crippen LogP contribution in [0.1, 0.15) is 15.2 Å². The minimum atomic E-state index is -0.338. The Morgan fingerprint density at radius 3 is 2.77 bits per heavy atom. The normalized spacial score (nSPS) is 10.4. The molecule has 0 aliphatic rings. The maximum atomic E-state index is 13.0. The SMILES string of the molecule is O=C(NCc1cccnc1)c1snnc1-c1ccc(F)cc1.